The standard InChI is InChI=1S/C16H22FNO/c1-12-5-4-7-14(11-12)18-16(19)10-9-13-6-2-3-8-15(13)17/h2-3,6,8,12,14H,4-5,7,9-11H2,1H3,(H,18,19). The van der Waals surface area contributed by atoms with Gasteiger partial charge in [0.25, 0.3) is 0 Å². The number of aryl methyl sites for hydroxylation is 1. The van der Waals surface area contributed by atoms with Crippen LogP contribution in [0, 0.1) is 11.7 Å². The highest BCUT2D eigenvalue weighted by Gasteiger charge is 2.20. The molecule has 1 aliphatic carbocycles. The topological polar surface area (TPSA) is 29.1 Å². The van der Waals surface area contributed by atoms with E-state index in [0.29, 0.717) is 30.4 Å². The second-order valence-corrected chi connectivity index (χ2v) is 5.63. The maximum atomic E-state index is 13.4. The molecule has 0 saturated heterocycles. The minimum atomic E-state index is -0.221. The normalized spacial score (nSPS) is 23.1. The third kappa shape index (κ3) is 4.34. The molecule has 1 fully saturated rings. The van der Waals surface area contributed by atoms with E-state index >= 15 is 0 Å². The van der Waals surface area contributed by atoms with Crippen molar-refractivity contribution in [1.82, 2.24) is 5.32 Å². The molecule has 1 aromatic carbocycles. The zero-order valence-electron chi connectivity index (χ0n) is 11.5. The summed E-state index contributed by atoms with van der Waals surface area (Å²) < 4.78 is 13.4. The number of nitrogens with one attached hydrogen (secondary N) is 1. The first-order chi connectivity index (χ1) is 9.15. The first-order valence-corrected chi connectivity index (χ1v) is 7.18. The van der Waals surface area contributed by atoms with Crippen molar-refractivity contribution in [1.29, 1.82) is 0 Å². The van der Waals surface area contributed by atoms with Crippen LogP contribution >= 0.6 is 0 Å². The molecule has 0 aromatic heterocycles. The Bertz CT molecular complexity index is 433. The smallest absolute Gasteiger partial charge is 0.220 e. The summed E-state index contributed by atoms with van der Waals surface area (Å²) >= 11 is 0. The van der Waals surface area contributed by atoms with E-state index in [0.717, 1.165) is 12.8 Å². The summed E-state index contributed by atoms with van der Waals surface area (Å²) in [5.41, 5.74) is 0.620. The van der Waals surface area contributed by atoms with Crippen molar-refractivity contribution in [2.75, 3.05) is 0 Å². The summed E-state index contributed by atoms with van der Waals surface area (Å²) in [4.78, 5) is 11.9. The van der Waals surface area contributed by atoms with Crippen molar-refractivity contribution in [3.8, 4) is 0 Å². The zero-order chi connectivity index (χ0) is 13.7. The maximum absolute atomic E-state index is 13.4. The van der Waals surface area contributed by atoms with Crippen LogP contribution in [0.15, 0.2) is 24.3 Å². The van der Waals surface area contributed by atoms with E-state index in [1.165, 1.54) is 18.9 Å². The van der Waals surface area contributed by atoms with Gasteiger partial charge in [-0.25, -0.2) is 4.39 Å². The Morgan fingerprint density at radius 1 is 1.37 bits per heavy atom. The number of carbonyl (C=O) groups is 1. The van der Waals surface area contributed by atoms with Crippen LogP contribution in [0.1, 0.15) is 44.6 Å². The number of hydrogen-bond acceptors (Lipinski definition) is 1. The van der Waals surface area contributed by atoms with E-state index in [1.54, 1.807) is 18.2 Å². The lowest BCUT2D eigenvalue weighted by atomic mass is 9.87. The van der Waals surface area contributed by atoms with Gasteiger partial charge in [-0.2, -0.15) is 0 Å². The van der Waals surface area contributed by atoms with Crippen LogP contribution in [-0.4, -0.2) is 11.9 Å². The van der Waals surface area contributed by atoms with Gasteiger partial charge in [0.05, 0.1) is 0 Å². The minimum Gasteiger partial charge on any atom is -0.353 e. The average Bonchev–Trinajstić information content (AvgIpc) is 2.38. The Kier molecular flexibility index (Phi) is 4.94. The molecule has 104 valence electrons. The molecular weight excluding hydrogens is 241 g/mol. The van der Waals surface area contributed by atoms with E-state index < -0.39 is 0 Å². The first kappa shape index (κ1) is 14.0. The summed E-state index contributed by atoms with van der Waals surface area (Å²) in [7, 11) is 0. The van der Waals surface area contributed by atoms with Gasteiger partial charge in [0.15, 0.2) is 0 Å². The summed E-state index contributed by atoms with van der Waals surface area (Å²) in [6, 6.07) is 6.97. The molecule has 0 spiro atoms. The highest BCUT2D eigenvalue weighted by atomic mass is 19.1. The van der Waals surface area contributed by atoms with Crippen LogP contribution in [-0.2, 0) is 11.2 Å². The molecule has 1 N–H and O–H groups in total. The number of halogens is 1. The molecule has 19 heavy (non-hydrogen) atoms. The van der Waals surface area contributed by atoms with Gasteiger partial charge in [-0.1, -0.05) is 38.0 Å². The van der Waals surface area contributed by atoms with Crippen molar-refractivity contribution in [3.63, 3.8) is 0 Å². The Morgan fingerprint density at radius 2 is 2.16 bits per heavy atom. The second kappa shape index (κ2) is 6.69. The Labute approximate surface area is 114 Å². The van der Waals surface area contributed by atoms with Gasteiger partial charge in [-0.3, -0.25) is 4.79 Å². The fourth-order valence-corrected chi connectivity index (χ4v) is 2.81. The first-order valence-electron chi connectivity index (χ1n) is 7.18. The quantitative estimate of drug-likeness (QED) is 0.885. The monoisotopic (exact) mass is 263 g/mol. The molecule has 1 aliphatic rings. The van der Waals surface area contributed by atoms with Crippen molar-refractivity contribution in [2.24, 2.45) is 5.92 Å². The number of benzene rings is 1. The third-order valence-corrected chi connectivity index (χ3v) is 3.88. The summed E-state index contributed by atoms with van der Waals surface area (Å²) in [5.74, 6) is 0.523. The second-order valence-electron chi connectivity index (χ2n) is 5.63. The lowest BCUT2D eigenvalue weighted by molar-refractivity contribution is -0.122. The lowest BCUT2D eigenvalue weighted by Crippen LogP contribution is -2.38. The van der Waals surface area contributed by atoms with Crippen LogP contribution in [0.4, 0.5) is 4.39 Å². The average molecular weight is 263 g/mol. The molecule has 0 radical (unpaired) electrons. The number of carbonyl (C=O) groups excluding carboxylic acids is 1. The predicted octanol–water partition coefficient (Wildman–Crippen LogP) is 3.45. The van der Waals surface area contributed by atoms with E-state index in [-0.39, 0.29) is 11.7 Å². The van der Waals surface area contributed by atoms with Crippen molar-refractivity contribution < 1.29 is 9.18 Å². The van der Waals surface area contributed by atoms with Gasteiger partial charge < -0.3 is 5.32 Å². The van der Waals surface area contributed by atoms with Crippen molar-refractivity contribution in [3.05, 3.63) is 35.6 Å². The van der Waals surface area contributed by atoms with Crippen LogP contribution in [0.5, 0.6) is 0 Å². The molecule has 2 nitrogen and oxygen atoms in total. The van der Waals surface area contributed by atoms with Gasteiger partial charge in [-0.15, -0.1) is 0 Å². The zero-order valence-corrected chi connectivity index (χ0v) is 11.5. The molecule has 0 aliphatic heterocycles. The number of amides is 1. The predicted molar refractivity (Wildman–Crippen MR) is 74.3 cm³/mol. The highest BCUT2D eigenvalue weighted by Crippen LogP contribution is 2.23. The largest absolute Gasteiger partial charge is 0.353 e. The van der Waals surface area contributed by atoms with Gasteiger partial charge >= 0.3 is 0 Å². The van der Waals surface area contributed by atoms with Crippen molar-refractivity contribution in [2.45, 2.75) is 51.5 Å². The van der Waals surface area contributed by atoms with Crippen molar-refractivity contribution >= 4 is 5.91 Å². The fourth-order valence-electron chi connectivity index (χ4n) is 2.81. The molecule has 0 bridgehead atoms. The Hall–Kier alpha value is -1.38. The van der Waals surface area contributed by atoms with Crippen LogP contribution in [0.2, 0.25) is 0 Å². The SMILES string of the molecule is CC1CCCC(NC(=O)CCc2ccccc2F)C1. The lowest BCUT2D eigenvalue weighted by Gasteiger charge is -2.27. The molecule has 1 aromatic rings. The van der Waals surface area contributed by atoms with Gasteiger partial charge in [0, 0.05) is 12.5 Å². The van der Waals surface area contributed by atoms with E-state index in [9.17, 15) is 9.18 Å². The van der Waals surface area contributed by atoms with Gasteiger partial charge in [0.2, 0.25) is 5.91 Å². The molecule has 2 rings (SSSR count). The van der Waals surface area contributed by atoms with Crippen LogP contribution in [0.25, 0.3) is 0 Å². The minimum absolute atomic E-state index is 0.0438. The summed E-state index contributed by atoms with van der Waals surface area (Å²) in [6.07, 6.45) is 5.45. The van der Waals surface area contributed by atoms with E-state index in [2.05, 4.69) is 12.2 Å². The molecular formula is C16H22FNO. The van der Waals surface area contributed by atoms with E-state index in [4.69, 9.17) is 0 Å². The van der Waals surface area contributed by atoms with E-state index in [1.807, 2.05) is 0 Å². The number of rotatable bonds is 4. The molecule has 2 unspecified atom stereocenters. The Balaban J connectivity index is 1.77. The molecule has 0 heterocycles. The van der Waals surface area contributed by atoms with Gasteiger partial charge in [-0.05, 0) is 36.8 Å². The maximum Gasteiger partial charge on any atom is 0.220 e. The third-order valence-electron chi connectivity index (χ3n) is 3.88. The molecule has 2 atom stereocenters. The summed E-state index contributed by atoms with van der Waals surface area (Å²) in [5, 5.41) is 3.08. The fraction of sp³-hybridized carbons (Fsp3) is 0.562. The van der Waals surface area contributed by atoms with Crippen LogP contribution in [0.3, 0.4) is 0 Å². The van der Waals surface area contributed by atoms with Crippen LogP contribution < -0.4 is 5.32 Å². The highest BCUT2D eigenvalue weighted by molar-refractivity contribution is 5.76. The Morgan fingerprint density at radius 3 is 2.89 bits per heavy atom. The van der Waals surface area contributed by atoms with Gasteiger partial charge in [0.1, 0.15) is 5.82 Å². The number of hydrogen-bond donors (Lipinski definition) is 1. The molecule has 1 amide bonds. The molecule has 3 heteroatoms. The summed E-state index contributed by atoms with van der Waals surface area (Å²) in [6.45, 7) is 2.23. The molecule has 1 saturated carbocycles.